The average molecular weight is 508 g/mol. The zero-order valence-electron chi connectivity index (χ0n) is 22.8. The minimum Gasteiger partial charge on any atom is -0.379 e. The molecule has 0 bridgehead atoms. The fourth-order valence-corrected chi connectivity index (χ4v) is 4.31. The van der Waals surface area contributed by atoms with Gasteiger partial charge in [0.05, 0.1) is 32.0 Å². The van der Waals surface area contributed by atoms with Gasteiger partial charge in [-0.25, -0.2) is 4.98 Å². The predicted octanol–water partition coefficient (Wildman–Crippen LogP) is 4.22. The molecule has 1 fully saturated rings. The van der Waals surface area contributed by atoms with Crippen LogP contribution in [0.5, 0.6) is 0 Å². The molecule has 0 saturated carbocycles. The van der Waals surface area contributed by atoms with E-state index in [1.807, 2.05) is 4.57 Å². The number of amides is 1. The number of ketones is 1. The van der Waals surface area contributed by atoms with E-state index in [9.17, 15) is 9.59 Å². The molecular weight excluding hydrogens is 466 g/mol. The molecule has 0 radical (unpaired) electrons. The van der Waals surface area contributed by atoms with Crippen molar-refractivity contribution in [3.8, 4) is 6.07 Å². The van der Waals surface area contributed by atoms with E-state index in [4.69, 9.17) is 10.00 Å². The van der Waals surface area contributed by atoms with Crippen LogP contribution in [0.2, 0.25) is 0 Å². The fourth-order valence-electron chi connectivity index (χ4n) is 4.31. The number of nitrogens with zero attached hydrogens (tertiary/aromatic N) is 5. The van der Waals surface area contributed by atoms with Gasteiger partial charge in [-0.3, -0.25) is 14.5 Å². The van der Waals surface area contributed by atoms with Crippen LogP contribution in [0, 0.1) is 11.3 Å². The van der Waals surface area contributed by atoms with Gasteiger partial charge in [-0.1, -0.05) is 51.6 Å². The zero-order chi connectivity index (χ0) is 27.2. The second kappa shape index (κ2) is 15.7. The third-order valence-corrected chi connectivity index (χ3v) is 6.41. The van der Waals surface area contributed by atoms with E-state index in [2.05, 4.69) is 67.6 Å². The number of benzene rings is 1. The lowest BCUT2D eigenvalue weighted by molar-refractivity contribution is -0.127. The molecule has 1 aromatic carbocycles. The molecule has 0 N–H and O–H groups in total. The highest BCUT2D eigenvalue weighted by Crippen LogP contribution is 2.19. The van der Waals surface area contributed by atoms with Gasteiger partial charge in [0.1, 0.15) is 11.5 Å². The van der Waals surface area contributed by atoms with Crippen LogP contribution in [0.15, 0.2) is 43.1 Å². The first-order chi connectivity index (χ1) is 17.8. The molecule has 0 aliphatic carbocycles. The number of carbonyl (C=O) groups excluding carboxylic acids is 2. The predicted molar refractivity (Wildman–Crippen MR) is 145 cm³/mol. The molecule has 8 nitrogen and oxygen atoms in total. The van der Waals surface area contributed by atoms with E-state index >= 15 is 0 Å². The monoisotopic (exact) mass is 507 g/mol. The third kappa shape index (κ3) is 9.27. The van der Waals surface area contributed by atoms with Gasteiger partial charge in [-0.15, -0.1) is 0 Å². The van der Waals surface area contributed by atoms with Crippen molar-refractivity contribution >= 4 is 11.7 Å². The Labute approximate surface area is 221 Å². The molecule has 0 atom stereocenters. The summed E-state index contributed by atoms with van der Waals surface area (Å²) in [5, 5.41) is 8.29. The maximum Gasteiger partial charge on any atom is 0.246 e. The molecule has 1 saturated heterocycles. The van der Waals surface area contributed by atoms with Gasteiger partial charge in [0.15, 0.2) is 5.78 Å². The largest absolute Gasteiger partial charge is 0.379 e. The summed E-state index contributed by atoms with van der Waals surface area (Å²) in [5.41, 5.74) is 3.60. The Balaban J connectivity index is 0.000000203. The van der Waals surface area contributed by atoms with Crippen LogP contribution in [0.3, 0.4) is 0 Å². The van der Waals surface area contributed by atoms with Gasteiger partial charge in [-0.2, -0.15) is 5.26 Å². The molecule has 4 rings (SSSR count). The molecular formula is C29H41N5O3. The van der Waals surface area contributed by atoms with Crippen LogP contribution >= 0.6 is 0 Å². The number of rotatable bonds is 6. The molecule has 2 aliphatic heterocycles. The topological polar surface area (TPSA) is 91.5 Å². The lowest BCUT2D eigenvalue weighted by atomic mass is 9.96. The minimum absolute atomic E-state index is 0.00208. The van der Waals surface area contributed by atoms with Gasteiger partial charge in [0.25, 0.3) is 0 Å². The van der Waals surface area contributed by atoms with Gasteiger partial charge in [0.2, 0.25) is 5.91 Å². The van der Waals surface area contributed by atoms with Crippen molar-refractivity contribution < 1.29 is 14.3 Å². The number of hydrogen-bond donors (Lipinski definition) is 0. The first kappa shape index (κ1) is 29.9. The van der Waals surface area contributed by atoms with Crippen LogP contribution in [0.25, 0.3) is 0 Å². The number of aryl methyl sites for hydroxylation is 1. The molecule has 37 heavy (non-hydrogen) atoms. The van der Waals surface area contributed by atoms with Crippen LogP contribution in [-0.4, -0.2) is 70.4 Å². The highest BCUT2D eigenvalue weighted by Gasteiger charge is 2.23. The minimum atomic E-state index is -0.0985. The summed E-state index contributed by atoms with van der Waals surface area (Å²) in [4.78, 5) is 30.8. The van der Waals surface area contributed by atoms with Gasteiger partial charge < -0.3 is 14.2 Å². The third-order valence-electron chi connectivity index (χ3n) is 6.41. The van der Waals surface area contributed by atoms with Crippen LogP contribution in [-0.2, 0) is 29.0 Å². The number of fused-ring (bicyclic) bond motifs is 1. The summed E-state index contributed by atoms with van der Waals surface area (Å²) < 4.78 is 7.03. The van der Waals surface area contributed by atoms with E-state index in [1.165, 1.54) is 24.1 Å². The Morgan fingerprint density at radius 2 is 1.89 bits per heavy atom. The van der Waals surface area contributed by atoms with Crippen LogP contribution in [0.1, 0.15) is 67.5 Å². The summed E-state index contributed by atoms with van der Waals surface area (Å²) in [6, 6.07) is 10.8. The lowest BCUT2D eigenvalue weighted by Gasteiger charge is -2.27. The Morgan fingerprint density at radius 3 is 2.46 bits per heavy atom. The van der Waals surface area contributed by atoms with Crippen molar-refractivity contribution in [3.63, 3.8) is 0 Å². The molecule has 1 aromatic heterocycles. The van der Waals surface area contributed by atoms with Crippen molar-refractivity contribution in [1.29, 1.82) is 5.26 Å². The van der Waals surface area contributed by atoms with Crippen molar-refractivity contribution in [3.05, 3.63) is 65.8 Å². The number of carbonyl (C=O) groups is 2. The standard InChI is InChI=1S/C11H13N3O2.C11H16.C7H12N2O/c1-3-11(16)13-4-5-14-9(8(2)15)6-12-10(14)7-13;1-4-10-7-5-6-8-11(10)9(2)3;8-2-1-3-9-4-6-10-7-5-9/h3,6H,1,4-5,7H2,2H3;5-9H,4H2,1-3H3;1,3-7H2. The molecule has 200 valence electrons. The van der Waals surface area contributed by atoms with Crippen molar-refractivity contribution in [1.82, 2.24) is 19.4 Å². The fraction of sp³-hybridized carbons (Fsp3) is 0.517. The van der Waals surface area contributed by atoms with Crippen LogP contribution in [0.4, 0.5) is 0 Å². The van der Waals surface area contributed by atoms with E-state index in [1.54, 1.807) is 11.1 Å². The van der Waals surface area contributed by atoms with E-state index in [0.29, 0.717) is 37.7 Å². The van der Waals surface area contributed by atoms with E-state index in [-0.39, 0.29) is 11.7 Å². The quantitative estimate of drug-likeness (QED) is 0.430. The molecule has 2 aliphatic rings. The average Bonchev–Trinajstić information content (AvgIpc) is 3.36. The van der Waals surface area contributed by atoms with E-state index < -0.39 is 0 Å². The number of ether oxygens (including phenoxy) is 1. The van der Waals surface area contributed by atoms with Gasteiger partial charge in [-0.05, 0) is 29.5 Å². The maximum absolute atomic E-state index is 11.4. The van der Waals surface area contributed by atoms with Crippen molar-refractivity contribution in [2.75, 3.05) is 39.4 Å². The summed E-state index contributed by atoms with van der Waals surface area (Å²) in [7, 11) is 0. The summed E-state index contributed by atoms with van der Waals surface area (Å²) in [6.45, 7) is 17.8. The smallest absolute Gasteiger partial charge is 0.246 e. The number of aromatic nitrogens is 2. The summed E-state index contributed by atoms with van der Waals surface area (Å²) in [5.74, 6) is 1.32. The SMILES string of the molecule is C=CC(=O)N1CCn2c(C(C)=O)cnc2C1.CCc1ccccc1C(C)C.N#CCCN1CCOCC1. The Kier molecular flexibility index (Phi) is 12.7. The van der Waals surface area contributed by atoms with E-state index in [0.717, 1.165) is 45.1 Å². The summed E-state index contributed by atoms with van der Waals surface area (Å²) >= 11 is 0. The van der Waals surface area contributed by atoms with Gasteiger partial charge >= 0.3 is 0 Å². The highest BCUT2D eigenvalue weighted by molar-refractivity contribution is 5.92. The zero-order valence-corrected chi connectivity index (χ0v) is 22.8. The normalized spacial score (nSPS) is 14.9. The number of hydrogen-bond acceptors (Lipinski definition) is 6. The maximum atomic E-state index is 11.4. The molecule has 2 aromatic rings. The summed E-state index contributed by atoms with van der Waals surface area (Å²) in [6.07, 6.45) is 4.65. The lowest BCUT2D eigenvalue weighted by Crippen LogP contribution is -2.38. The first-order valence-corrected chi connectivity index (χ1v) is 13.0. The Bertz CT molecular complexity index is 1060. The van der Waals surface area contributed by atoms with Crippen LogP contribution < -0.4 is 0 Å². The Hall–Kier alpha value is -3.28. The van der Waals surface area contributed by atoms with Gasteiger partial charge in [0, 0.05) is 46.1 Å². The van der Waals surface area contributed by atoms with Crippen molar-refractivity contribution in [2.45, 2.75) is 59.5 Å². The molecule has 3 heterocycles. The van der Waals surface area contributed by atoms with Crippen molar-refractivity contribution in [2.24, 2.45) is 0 Å². The molecule has 0 unspecified atom stereocenters. The molecule has 1 amide bonds. The number of morpholine rings is 1. The number of nitriles is 1. The first-order valence-electron chi connectivity index (χ1n) is 13.0. The molecule has 8 heteroatoms. The second-order valence-electron chi connectivity index (χ2n) is 9.30. The highest BCUT2D eigenvalue weighted by atomic mass is 16.5. The Morgan fingerprint density at radius 1 is 1.19 bits per heavy atom. The number of imidazole rings is 1. The second-order valence-corrected chi connectivity index (χ2v) is 9.30. The molecule has 0 spiro atoms. The number of Topliss-reactive ketones (excluding diaryl/α,β-unsaturated/α-hetero) is 1.